The fourth-order valence-corrected chi connectivity index (χ4v) is 9.72. The molecule has 3 saturated heterocycles. The number of esters is 3. The first kappa shape index (κ1) is 65.7. The number of amides is 5. The number of nitrogens with zero attached hydrogens (tertiary/aromatic N) is 5. The molecule has 4 aromatic rings. The summed E-state index contributed by atoms with van der Waals surface area (Å²) in [6.07, 6.45) is -1.43. The van der Waals surface area contributed by atoms with Crippen molar-refractivity contribution in [1.29, 1.82) is 0 Å². The molecule has 0 spiro atoms. The SMILES string of the molecule is CC(C)C[C@H](NC(=O)[C@H](Cc1ccc(OC(=O)CCCCC(=O)OC[C@H]2O[C@@H](n3cnc4c(NC(=O)OCc5ccccc5)ncnc43)[C@@H]3OC(C)(C)O[C@@H]32)cc1)NC(=O)[C@H](CCC(=O)OC(C)(C)C)NC(=O)OC(C)(C)C)C(=O)N1CCOCC1. The van der Waals surface area contributed by atoms with E-state index in [4.69, 9.17) is 42.6 Å². The Morgan fingerprint density at radius 2 is 1.35 bits per heavy atom. The zero-order chi connectivity index (χ0) is 62.3. The van der Waals surface area contributed by atoms with Gasteiger partial charge in [-0.25, -0.2) is 24.5 Å². The third-order valence-electron chi connectivity index (χ3n) is 13.5. The summed E-state index contributed by atoms with van der Waals surface area (Å²) in [5, 5.41) is 10.8. The van der Waals surface area contributed by atoms with Crippen molar-refractivity contribution < 1.29 is 81.0 Å². The molecule has 3 aliphatic rings. The number of rotatable bonds is 25. The van der Waals surface area contributed by atoms with Crippen molar-refractivity contribution in [3.63, 3.8) is 0 Å². The number of hydrogen-bond acceptors (Lipinski definition) is 20. The van der Waals surface area contributed by atoms with E-state index in [-0.39, 0.29) is 74.2 Å². The van der Waals surface area contributed by atoms with Crippen LogP contribution in [0.2, 0.25) is 0 Å². The summed E-state index contributed by atoms with van der Waals surface area (Å²) >= 11 is 0. The quantitative estimate of drug-likeness (QED) is 0.0251. The van der Waals surface area contributed by atoms with E-state index in [0.717, 1.165) is 5.56 Å². The van der Waals surface area contributed by atoms with E-state index in [1.165, 1.54) is 24.8 Å². The Kier molecular flexibility index (Phi) is 22.6. The lowest BCUT2D eigenvalue weighted by Crippen LogP contribution is -2.58. The van der Waals surface area contributed by atoms with Gasteiger partial charge in [0, 0.05) is 38.8 Å². The van der Waals surface area contributed by atoms with Crippen molar-refractivity contribution >= 4 is 64.8 Å². The van der Waals surface area contributed by atoms with Crippen LogP contribution in [0.5, 0.6) is 5.75 Å². The summed E-state index contributed by atoms with van der Waals surface area (Å²) in [7, 11) is 0. The number of alkyl carbamates (subject to hydrolysis) is 1. The molecule has 2 aromatic carbocycles. The topological polar surface area (TPSA) is 315 Å². The first-order valence-electron chi connectivity index (χ1n) is 29.0. The van der Waals surface area contributed by atoms with E-state index >= 15 is 0 Å². The summed E-state index contributed by atoms with van der Waals surface area (Å²) in [6, 6.07) is 11.9. The van der Waals surface area contributed by atoms with Gasteiger partial charge >= 0.3 is 30.1 Å². The number of hydrogen-bond donors (Lipinski definition) is 4. The summed E-state index contributed by atoms with van der Waals surface area (Å²) < 4.78 is 53.5. The molecule has 5 heterocycles. The number of benzene rings is 2. The minimum Gasteiger partial charge on any atom is -0.463 e. The maximum Gasteiger partial charge on any atom is 0.413 e. The highest BCUT2D eigenvalue weighted by atomic mass is 16.8. The molecule has 86 heavy (non-hydrogen) atoms. The van der Waals surface area contributed by atoms with Crippen LogP contribution in [0.4, 0.5) is 15.4 Å². The molecule has 7 atom stereocenters. The molecular formula is C60H81N9O17. The highest BCUT2D eigenvalue weighted by Crippen LogP contribution is 2.44. The molecule has 0 unspecified atom stereocenters. The number of fused-ring (bicyclic) bond motifs is 2. The number of carbonyl (C=O) groups is 8. The monoisotopic (exact) mass is 1200 g/mol. The third kappa shape index (κ3) is 19.9. The lowest BCUT2D eigenvalue weighted by molar-refractivity contribution is -0.202. The second kappa shape index (κ2) is 29.5. The maximum atomic E-state index is 14.4. The zero-order valence-corrected chi connectivity index (χ0v) is 50.5. The van der Waals surface area contributed by atoms with Crippen molar-refractivity contribution in [2.75, 3.05) is 38.2 Å². The van der Waals surface area contributed by atoms with Gasteiger partial charge < -0.3 is 63.5 Å². The Labute approximate surface area is 499 Å². The fourth-order valence-electron chi connectivity index (χ4n) is 9.72. The van der Waals surface area contributed by atoms with E-state index in [1.807, 2.05) is 44.2 Å². The molecule has 7 rings (SSSR count). The van der Waals surface area contributed by atoms with Crippen molar-refractivity contribution in [1.82, 2.24) is 40.4 Å². The summed E-state index contributed by atoms with van der Waals surface area (Å²) in [5.74, 6) is -4.14. The number of ether oxygens (including phenoxy) is 9. The van der Waals surface area contributed by atoms with Crippen LogP contribution < -0.4 is 26.0 Å². The number of morpholine rings is 1. The van der Waals surface area contributed by atoms with Crippen molar-refractivity contribution in [2.24, 2.45) is 5.92 Å². The second-order valence-electron chi connectivity index (χ2n) is 24.1. The molecule has 2 aromatic heterocycles. The molecule has 0 bridgehead atoms. The number of imidazole rings is 1. The van der Waals surface area contributed by atoms with E-state index < -0.39 is 102 Å². The average molecular weight is 1200 g/mol. The van der Waals surface area contributed by atoms with Crippen LogP contribution in [0.15, 0.2) is 67.3 Å². The molecule has 26 nitrogen and oxygen atoms in total. The van der Waals surface area contributed by atoms with E-state index in [1.54, 1.807) is 77.0 Å². The van der Waals surface area contributed by atoms with E-state index in [2.05, 4.69) is 36.2 Å². The van der Waals surface area contributed by atoms with Crippen LogP contribution in [0.3, 0.4) is 0 Å². The standard InChI is InChI=1S/C60H81N9O17/c1-36(2)30-42(54(75)68-26-28-78-29-27-68)65-53(74)41(64-52(73)40(66-57(77)86-59(6,7)8)24-25-46(72)83-58(3,4)5)31-37-20-22-39(23-21-37)81-45(71)19-15-14-18-44(70)79-33-43-48-49(85-60(9,10)84-48)55(82-43)69-35-63-47-50(61-34-62-51(47)69)67-56(76)80-32-38-16-12-11-13-17-38/h11-13,16-17,20-23,34-36,40-43,48-49,55H,14-15,18-19,24-33H2,1-10H3,(H,64,73)(H,65,74)(H,66,77)(H,61,62,67,76)/t40-,41-,42-,43+,48+,49+,55+/m0/s1. The summed E-state index contributed by atoms with van der Waals surface area (Å²) in [6.45, 7) is 18.7. The summed E-state index contributed by atoms with van der Waals surface area (Å²) in [5.41, 5.74) is 0.216. The molecule has 5 amide bonds. The van der Waals surface area contributed by atoms with Crippen LogP contribution >= 0.6 is 0 Å². The predicted molar refractivity (Wildman–Crippen MR) is 307 cm³/mol. The molecule has 3 aliphatic heterocycles. The van der Waals surface area contributed by atoms with Crippen molar-refractivity contribution in [2.45, 2.75) is 187 Å². The molecule has 4 N–H and O–H groups in total. The summed E-state index contributed by atoms with van der Waals surface area (Å²) in [4.78, 5) is 122. The lowest BCUT2D eigenvalue weighted by atomic mass is 10.00. The number of anilines is 1. The maximum absolute atomic E-state index is 14.4. The number of aromatic nitrogens is 4. The van der Waals surface area contributed by atoms with Gasteiger partial charge in [-0.2, -0.15) is 0 Å². The molecule has 0 radical (unpaired) electrons. The zero-order valence-electron chi connectivity index (χ0n) is 50.5. The smallest absolute Gasteiger partial charge is 0.413 e. The predicted octanol–water partition coefficient (Wildman–Crippen LogP) is 6.13. The Balaban J connectivity index is 0.924. The Morgan fingerprint density at radius 3 is 2.02 bits per heavy atom. The molecule has 26 heteroatoms. The van der Waals surface area contributed by atoms with E-state index in [0.29, 0.717) is 56.8 Å². The first-order chi connectivity index (χ1) is 40.7. The normalized spacial score (nSPS) is 19.3. The van der Waals surface area contributed by atoms with Gasteiger partial charge in [-0.05, 0) is 110 Å². The van der Waals surface area contributed by atoms with Gasteiger partial charge in [-0.3, -0.25) is 38.7 Å². The number of unbranched alkanes of at least 4 members (excludes halogenated alkanes) is 1. The van der Waals surface area contributed by atoms with Crippen LogP contribution in [-0.4, -0.2) is 159 Å². The van der Waals surface area contributed by atoms with Crippen LogP contribution in [0.1, 0.15) is 132 Å². The molecule has 0 saturated carbocycles. The first-order valence-corrected chi connectivity index (χ1v) is 29.0. The fraction of sp³-hybridized carbons (Fsp3) is 0.583. The lowest BCUT2D eigenvalue weighted by Gasteiger charge is -2.32. The van der Waals surface area contributed by atoms with Crippen molar-refractivity contribution in [3.05, 3.63) is 78.4 Å². The minimum absolute atomic E-state index is 0.000151. The molecule has 468 valence electrons. The van der Waals surface area contributed by atoms with Gasteiger partial charge in [0.15, 0.2) is 29.0 Å². The molecule has 3 fully saturated rings. The molecule has 0 aliphatic carbocycles. The van der Waals surface area contributed by atoms with Gasteiger partial charge in [0.2, 0.25) is 17.7 Å². The number of carbonyl (C=O) groups excluding carboxylic acids is 8. The van der Waals surface area contributed by atoms with Gasteiger partial charge in [-0.15, -0.1) is 0 Å². The van der Waals surface area contributed by atoms with Gasteiger partial charge in [0.25, 0.3) is 0 Å². The van der Waals surface area contributed by atoms with Gasteiger partial charge in [0.05, 0.1) is 19.5 Å². The van der Waals surface area contributed by atoms with Crippen LogP contribution in [-0.2, 0) is 79.7 Å². The average Bonchev–Trinajstić information content (AvgIpc) is 1.65. The van der Waals surface area contributed by atoms with Crippen LogP contribution in [0, 0.1) is 5.92 Å². The number of nitrogens with one attached hydrogen (secondary N) is 4. The Morgan fingerprint density at radius 1 is 0.698 bits per heavy atom. The van der Waals surface area contributed by atoms with Crippen molar-refractivity contribution in [3.8, 4) is 5.75 Å². The highest BCUT2D eigenvalue weighted by molar-refractivity contribution is 5.95. The third-order valence-corrected chi connectivity index (χ3v) is 13.5. The largest absolute Gasteiger partial charge is 0.463 e. The van der Waals surface area contributed by atoms with Gasteiger partial charge in [-0.1, -0.05) is 56.3 Å². The van der Waals surface area contributed by atoms with Crippen LogP contribution in [0.25, 0.3) is 11.2 Å². The Bertz CT molecular complexity index is 2990. The molecular weight excluding hydrogens is 1120 g/mol. The van der Waals surface area contributed by atoms with E-state index in [9.17, 15) is 38.4 Å². The second-order valence-corrected chi connectivity index (χ2v) is 24.1. The van der Waals surface area contributed by atoms with Gasteiger partial charge in [0.1, 0.15) is 72.9 Å². The minimum atomic E-state index is -1.35. The Hall–Kier alpha value is -7.81. The highest BCUT2D eigenvalue weighted by Gasteiger charge is 2.56.